The minimum atomic E-state index is -1.30. The molecular weight excluding hydrogens is 558 g/mol. The van der Waals surface area contributed by atoms with Crippen molar-refractivity contribution in [2.24, 2.45) is 29.1 Å². The fourth-order valence-corrected chi connectivity index (χ4v) is 9.72. The molecule has 1 heterocycles. The van der Waals surface area contributed by atoms with Gasteiger partial charge < -0.3 is 20.2 Å². The lowest BCUT2D eigenvalue weighted by atomic mass is 9.60. The van der Waals surface area contributed by atoms with Gasteiger partial charge in [-0.3, -0.25) is 4.79 Å². The van der Waals surface area contributed by atoms with Crippen LogP contribution in [0.15, 0.2) is 77.9 Å². The van der Waals surface area contributed by atoms with E-state index in [9.17, 15) is 20.1 Å². The van der Waals surface area contributed by atoms with Gasteiger partial charge in [0.25, 0.3) is 5.91 Å². The van der Waals surface area contributed by atoms with E-state index in [0.717, 1.165) is 30.4 Å². The summed E-state index contributed by atoms with van der Waals surface area (Å²) in [6, 6.07) is 15.0. The molecule has 1 aliphatic heterocycles. The number of hydrogen-bond donors (Lipinski definition) is 3. The summed E-state index contributed by atoms with van der Waals surface area (Å²) in [6.45, 7) is 13.2. The minimum Gasteiger partial charge on any atom is -0.392 e. The van der Waals surface area contributed by atoms with Crippen molar-refractivity contribution in [3.63, 3.8) is 0 Å². The zero-order chi connectivity index (χ0) is 32.1. The largest absolute Gasteiger partial charge is 0.392 e. The minimum absolute atomic E-state index is 0.0477. The summed E-state index contributed by atoms with van der Waals surface area (Å²) >= 11 is 0. The predicted molar refractivity (Wildman–Crippen MR) is 181 cm³/mol. The molecule has 2 aromatic rings. The topological polar surface area (TPSA) is 81.0 Å². The summed E-state index contributed by atoms with van der Waals surface area (Å²) in [7, 11) is 0. The molecule has 4 aliphatic rings. The van der Waals surface area contributed by atoms with Gasteiger partial charge in [0, 0.05) is 24.9 Å². The van der Waals surface area contributed by atoms with Gasteiger partial charge in [-0.2, -0.15) is 0 Å². The molecule has 5 heteroatoms. The van der Waals surface area contributed by atoms with Crippen LogP contribution in [0.5, 0.6) is 0 Å². The molecule has 0 bridgehead atoms. The number of carbonyl (C=O) groups is 1. The van der Waals surface area contributed by atoms with Crippen LogP contribution in [0.4, 0.5) is 0 Å². The first-order chi connectivity index (χ1) is 21.4. The summed E-state index contributed by atoms with van der Waals surface area (Å²) in [5, 5.41) is 34.6. The number of fused-ring (bicyclic) bond motifs is 2. The number of nitrogens with zero attached hydrogens (tertiary/aromatic N) is 1. The van der Waals surface area contributed by atoms with Gasteiger partial charge in [-0.15, -0.1) is 0 Å². The van der Waals surface area contributed by atoms with E-state index >= 15 is 0 Å². The molecule has 2 unspecified atom stereocenters. The molecule has 3 saturated carbocycles. The van der Waals surface area contributed by atoms with Crippen LogP contribution in [0.25, 0.3) is 10.8 Å². The van der Waals surface area contributed by atoms with Gasteiger partial charge in [-0.25, -0.2) is 0 Å². The molecule has 3 N–H and O–H groups in total. The van der Waals surface area contributed by atoms with Gasteiger partial charge in [0.05, 0.1) is 12.2 Å². The fraction of sp³-hybridized carbons (Fsp3) is 0.575. The summed E-state index contributed by atoms with van der Waals surface area (Å²) in [5.74, 6) is 1.22. The molecule has 242 valence electrons. The van der Waals surface area contributed by atoms with Crippen LogP contribution in [-0.2, 0) is 11.2 Å². The smallest absolute Gasteiger partial charge is 0.254 e. The molecule has 4 fully saturated rings. The molecule has 0 spiro atoms. The first-order valence-corrected chi connectivity index (χ1v) is 17.3. The summed E-state index contributed by atoms with van der Waals surface area (Å²) in [6.07, 6.45) is 11.8. The third kappa shape index (κ3) is 6.08. The lowest BCUT2D eigenvalue weighted by Gasteiger charge is -2.45. The number of carbonyl (C=O) groups excluding carboxylic acids is 1. The molecule has 9 atom stereocenters. The van der Waals surface area contributed by atoms with Crippen LogP contribution in [-0.4, -0.2) is 56.5 Å². The molecule has 0 radical (unpaired) electrons. The molecule has 5 nitrogen and oxygen atoms in total. The highest BCUT2D eigenvalue weighted by Crippen LogP contribution is 2.60. The van der Waals surface area contributed by atoms with Crippen molar-refractivity contribution in [1.29, 1.82) is 0 Å². The number of hydrogen-bond acceptors (Lipinski definition) is 4. The van der Waals surface area contributed by atoms with Crippen LogP contribution in [0.3, 0.4) is 0 Å². The number of benzene rings is 2. The number of amides is 1. The van der Waals surface area contributed by atoms with Gasteiger partial charge in [0.2, 0.25) is 0 Å². The summed E-state index contributed by atoms with van der Waals surface area (Å²) < 4.78 is 0. The van der Waals surface area contributed by atoms with E-state index in [1.165, 1.54) is 47.6 Å². The molecular formula is C40H53NO4. The predicted octanol–water partition coefficient (Wildman–Crippen LogP) is 7.15. The Balaban J connectivity index is 1.15. The van der Waals surface area contributed by atoms with E-state index < -0.39 is 17.8 Å². The number of likely N-dealkylation sites (tertiary alicyclic amines) is 1. The van der Waals surface area contributed by atoms with Gasteiger partial charge in [-0.05, 0) is 109 Å². The molecule has 45 heavy (non-hydrogen) atoms. The normalized spacial score (nSPS) is 38.0. The Kier molecular flexibility index (Phi) is 8.93. The number of rotatable bonds is 7. The maximum Gasteiger partial charge on any atom is 0.254 e. The second-order valence-electron chi connectivity index (χ2n) is 15.4. The molecule has 1 saturated heterocycles. The zero-order valence-corrected chi connectivity index (χ0v) is 27.7. The zero-order valence-electron chi connectivity index (χ0n) is 27.7. The Bertz CT molecular complexity index is 1500. The molecule has 0 aromatic heterocycles. The Hall–Kier alpha value is -2.73. The first kappa shape index (κ1) is 32.2. The maximum absolute atomic E-state index is 13.4. The second-order valence-corrected chi connectivity index (χ2v) is 15.4. The summed E-state index contributed by atoms with van der Waals surface area (Å²) in [5.41, 5.74) is 3.34. The van der Waals surface area contributed by atoms with Crippen LogP contribution in [0.1, 0.15) is 84.6 Å². The second kappa shape index (κ2) is 12.5. The average molecular weight is 612 g/mol. The highest BCUT2D eigenvalue weighted by molar-refractivity contribution is 5.87. The van der Waals surface area contributed by atoms with E-state index in [0.29, 0.717) is 37.1 Å². The van der Waals surface area contributed by atoms with Crippen molar-refractivity contribution in [2.75, 3.05) is 6.54 Å². The van der Waals surface area contributed by atoms with Crippen molar-refractivity contribution < 1.29 is 20.1 Å². The monoisotopic (exact) mass is 611 g/mol. The van der Waals surface area contributed by atoms with E-state index in [2.05, 4.69) is 75.0 Å². The highest BCUT2D eigenvalue weighted by atomic mass is 16.3. The molecule has 6 rings (SSSR count). The van der Waals surface area contributed by atoms with Crippen molar-refractivity contribution in [3.8, 4) is 0 Å². The first-order valence-electron chi connectivity index (χ1n) is 17.3. The fourth-order valence-electron chi connectivity index (χ4n) is 9.72. The van der Waals surface area contributed by atoms with E-state index in [1.54, 1.807) is 6.92 Å². The summed E-state index contributed by atoms with van der Waals surface area (Å²) in [4.78, 5) is 15.4. The van der Waals surface area contributed by atoms with Crippen LogP contribution in [0.2, 0.25) is 0 Å². The number of aliphatic hydroxyl groups excluding tert-OH is 2. The van der Waals surface area contributed by atoms with E-state index in [4.69, 9.17) is 0 Å². The maximum atomic E-state index is 13.4. The van der Waals surface area contributed by atoms with Crippen molar-refractivity contribution in [3.05, 3.63) is 83.5 Å². The van der Waals surface area contributed by atoms with Crippen LogP contribution < -0.4 is 0 Å². The average Bonchev–Trinajstić information content (AvgIpc) is 3.48. The number of allylic oxidation sites excluding steroid dienone is 3. The third-order valence-corrected chi connectivity index (χ3v) is 12.4. The van der Waals surface area contributed by atoms with Crippen LogP contribution >= 0.6 is 0 Å². The Labute approximate surface area is 269 Å². The van der Waals surface area contributed by atoms with Gasteiger partial charge >= 0.3 is 0 Å². The third-order valence-electron chi connectivity index (χ3n) is 12.4. The Morgan fingerprint density at radius 1 is 1.09 bits per heavy atom. The Morgan fingerprint density at radius 2 is 1.84 bits per heavy atom. The molecule has 2 aromatic carbocycles. The number of aliphatic hydroxyl groups is 3. The SMILES string of the molecule is C=C1C(=CC=C2CCC[C@]3(C)[C@@H]([C@H](C)CC4CC(C)(O)C(=O)N4CCc4ccc5ccccc5c4)CC[C@@H]23)C[C@@H](O)[C@H](C)[C@@H]1O. The molecule has 1 amide bonds. The van der Waals surface area contributed by atoms with Crippen molar-refractivity contribution in [2.45, 2.75) is 109 Å². The van der Waals surface area contributed by atoms with Crippen LogP contribution in [0, 0.1) is 29.1 Å². The van der Waals surface area contributed by atoms with E-state index in [-0.39, 0.29) is 23.3 Å². The van der Waals surface area contributed by atoms with Crippen molar-refractivity contribution >= 4 is 16.7 Å². The molecule has 3 aliphatic carbocycles. The lowest BCUT2D eigenvalue weighted by molar-refractivity contribution is -0.142. The lowest BCUT2D eigenvalue weighted by Crippen LogP contribution is -2.41. The van der Waals surface area contributed by atoms with Gasteiger partial charge in [-0.1, -0.05) is 87.5 Å². The van der Waals surface area contributed by atoms with Gasteiger partial charge in [0.15, 0.2) is 0 Å². The quantitative estimate of drug-likeness (QED) is 0.311. The highest BCUT2D eigenvalue weighted by Gasteiger charge is 2.53. The van der Waals surface area contributed by atoms with E-state index in [1.807, 2.05) is 11.8 Å². The van der Waals surface area contributed by atoms with Gasteiger partial charge in [0.1, 0.15) is 5.60 Å². The Morgan fingerprint density at radius 3 is 2.62 bits per heavy atom. The van der Waals surface area contributed by atoms with Crippen molar-refractivity contribution in [1.82, 2.24) is 4.90 Å². The standard InChI is InChI=1S/C40H53NO4/c1-25(21-33-24-40(5,45)38(44)41(33)20-18-28-12-13-29-9-6-7-10-32(29)22-28)34-16-17-35-30(11-8-19-39(34,35)4)14-15-31-23-36(42)27(3)37(43)26(31)2/h6-7,9-10,12-15,22,25,27,33-37,42-43,45H,2,8,11,16-21,23-24H2,1,3-5H3/t25-,27+,33?,34-,35+,36-,37-,39-,40?/m1/s1.